The number of nitrogens with one attached hydrogen (secondary N) is 1. The summed E-state index contributed by atoms with van der Waals surface area (Å²) in [4.78, 5) is 0. The Morgan fingerprint density at radius 1 is 0.905 bits per heavy atom. The van der Waals surface area contributed by atoms with Gasteiger partial charge in [0.25, 0.3) is 0 Å². The lowest BCUT2D eigenvalue weighted by Gasteiger charge is -2.12. The van der Waals surface area contributed by atoms with Crippen molar-refractivity contribution < 1.29 is 18.9 Å². The van der Waals surface area contributed by atoms with Gasteiger partial charge in [0.2, 0.25) is 0 Å². The van der Waals surface area contributed by atoms with E-state index in [4.69, 9.17) is 18.9 Å². The zero-order chi connectivity index (χ0) is 15.3. The van der Waals surface area contributed by atoms with Crippen molar-refractivity contribution in [2.24, 2.45) is 0 Å². The van der Waals surface area contributed by atoms with Crippen LogP contribution in [-0.2, 0) is 14.2 Å². The van der Waals surface area contributed by atoms with Crippen molar-refractivity contribution in [3.8, 4) is 5.75 Å². The fraction of sp³-hybridized carbons (Fsp3) is 0.625. The Balaban J connectivity index is 2.05. The summed E-state index contributed by atoms with van der Waals surface area (Å²) in [6.45, 7) is 5.60. The number of rotatable bonds is 12. The first-order valence-electron chi connectivity index (χ1n) is 7.32. The summed E-state index contributed by atoms with van der Waals surface area (Å²) in [7, 11) is 3.61. The van der Waals surface area contributed by atoms with E-state index in [1.54, 1.807) is 7.11 Å². The summed E-state index contributed by atoms with van der Waals surface area (Å²) in [5, 5.41) is 3.20. The first-order valence-corrected chi connectivity index (χ1v) is 7.32. The summed E-state index contributed by atoms with van der Waals surface area (Å²) in [6.07, 6.45) is 0. The number of hydrogen-bond donors (Lipinski definition) is 1. The topological polar surface area (TPSA) is 49.0 Å². The highest BCUT2D eigenvalue weighted by Crippen LogP contribution is 2.17. The third kappa shape index (κ3) is 8.02. The molecule has 0 aliphatic carbocycles. The molecule has 1 aromatic carbocycles. The van der Waals surface area contributed by atoms with Gasteiger partial charge in [-0.15, -0.1) is 0 Å². The highest BCUT2D eigenvalue weighted by atomic mass is 16.6. The Labute approximate surface area is 127 Å². The third-order valence-electron chi connectivity index (χ3n) is 3.11. The number of hydrogen-bond acceptors (Lipinski definition) is 5. The van der Waals surface area contributed by atoms with Gasteiger partial charge in [-0.25, -0.2) is 0 Å². The SMILES string of the molecule is CNC(C)c1ccc(OCCOCCOCCOC)cc1. The molecule has 0 aromatic heterocycles. The molecule has 0 spiro atoms. The second-order valence-electron chi connectivity index (χ2n) is 4.65. The smallest absolute Gasteiger partial charge is 0.119 e. The van der Waals surface area contributed by atoms with Gasteiger partial charge in [0.1, 0.15) is 12.4 Å². The van der Waals surface area contributed by atoms with Gasteiger partial charge in [-0.2, -0.15) is 0 Å². The molecule has 21 heavy (non-hydrogen) atoms. The summed E-state index contributed by atoms with van der Waals surface area (Å²) < 4.78 is 21.2. The van der Waals surface area contributed by atoms with E-state index in [-0.39, 0.29) is 0 Å². The molecule has 0 saturated carbocycles. The van der Waals surface area contributed by atoms with Gasteiger partial charge >= 0.3 is 0 Å². The fourth-order valence-corrected chi connectivity index (χ4v) is 1.70. The molecule has 5 heteroatoms. The Morgan fingerprint density at radius 3 is 2.05 bits per heavy atom. The molecule has 1 atom stereocenters. The van der Waals surface area contributed by atoms with E-state index >= 15 is 0 Å². The standard InChI is InChI=1S/C16H27NO4/c1-14(17-2)15-4-6-16(7-5-15)21-13-12-20-11-10-19-9-8-18-3/h4-7,14,17H,8-13H2,1-3H3. The van der Waals surface area contributed by atoms with E-state index in [1.165, 1.54) is 5.56 Å². The Hall–Kier alpha value is -1.14. The lowest BCUT2D eigenvalue weighted by Crippen LogP contribution is -2.13. The molecule has 1 unspecified atom stereocenters. The molecule has 0 aliphatic rings. The van der Waals surface area contributed by atoms with E-state index in [0.29, 0.717) is 45.7 Å². The summed E-state index contributed by atoms with van der Waals surface area (Å²) in [6, 6.07) is 8.45. The highest BCUT2D eigenvalue weighted by molar-refractivity contribution is 5.28. The average Bonchev–Trinajstić information content (AvgIpc) is 2.53. The zero-order valence-electron chi connectivity index (χ0n) is 13.3. The summed E-state index contributed by atoms with van der Waals surface area (Å²) >= 11 is 0. The lowest BCUT2D eigenvalue weighted by atomic mass is 10.1. The van der Waals surface area contributed by atoms with E-state index in [0.717, 1.165) is 5.75 Å². The van der Waals surface area contributed by atoms with Crippen LogP contribution in [0.3, 0.4) is 0 Å². The largest absolute Gasteiger partial charge is 0.491 e. The summed E-state index contributed by atoms with van der Waals surface area (Å²) in [5.41, 5.74) is 1.24. The average molecular weight is 297 g/mol. The molecule has 0 aliphatic heterocycles. The zero-order valence-corrected chi connectivity index (χ0v) is 13.3. The van der Waals surface area contributed by atoms with Crippen molar-refractivity contribution >= 4 is 0 Å². The lowest BCUT2D eigenvalue weighted by molar-refractivity contribution is 0.0180. The van der Waals surface area contributed by atoms with Crippen LogP contribution in [0.4, 0.5) is 0 Å². The Kier molecular flexibility index (Phi) is 9.82. The molecule has 1 aromatic rings. The van der Waals surface area contributed by atoms with Crippen molar-refractivity contribution in [3.63, 3.8) is 0 Å². The second kappa shape index (κ2) is 11.5. The molecule has 120 valence electrons. The monoisotopic (exact) mass is 297 g/mol. The van der Waals surface area contributed by atoms with Crippen LogP contribution in [0, 0.1) is 0 Å². The van der Waals surface area contributed by atoms with Crippen molar-refractivity contribution in [2.75, 3.05) is 53.8 Å². The minimum atomic E-state index is 0.348. The Bertz CT molecular complexity index is 356. The molecule has 0 amide bonds. The molecule has 0 saturated heterocycles. The minimum absolute atomic E-state index is 0.348. The van der Waals surface area contributed by atoms with E-state index in [9.17, 15) is 0 Å². The number of ether oxygens (including phenoxy) is 4. The van der Waals surface area contributed by atoms with E-state index in [1.807, 2.05) is 19.2 Å². The quantitative estimate of drug-likeness (QED) is 0.598. The molecule has 1 rings (SSSR count). The van der Waals surface area contributed by atoms with Gasteiger partial charge in [0.15, 0.2) is 0 Å². The number of benzene rings is 1. The Morgan fingerprint density at radius 2 is 1.48 bits per heavy atom. The molecule has 5 nitrogen and oxygen atoms in total. The van der Waals surface area contributed by atoms with Crippen LogP contribution in [0.25, 0.3) is 0 Å². The van der Waals surface area contributed by atoms with Gasteiger partial charge in [0, 0.05) is 13.2 Å². The number of methoxy groups -OCH3 is 1. The molecule has 1 N–H and O–H groups in total. The van der Waals surface area contributed by atoms with Crippen LogP contribution in [0.2, 0.25) is 0 Å². The highest BCUT2D eigenvalue weighted by Gasteiger charge is 2.02. The van der Waals surface area contributed by atoms with Crippen molar-refractivity contribution in [1.82, 2.24) is 5.32 Å². The van der Waals surface area contributed by atoms with Crippen LogP contribution >= 0.6 is 0 Å². The molecular weight excluding hydrogens is 270 g/mol. The molecule has 0 fully saturated rings. The predicted molar refractivity (Wildman–Crippen MR) is 82.9 cm³/mol. The van der Waals surface area contributed by atoms with E-state index in [2.05, 4.69) is 24.4 Å². The normalized spacial score (nSPS) is 12.3. The molecule has 0 heterocycles. The first-order chi connectivity index (χ1) is 10.3. The second-order valence-corrected chi connectivity index (χ2v) is 4.65. The van der Waals surface area contributed by atoms with Crippen LogP contribution in [0.5, 0.6) is 5.75 Å². The minimum Gasteiger partial charge on any atom is -0.491 e. The third-order valence-corrected chi connectivity index (χ3v) is 3.11. The maximum absolute atomic E-state index is 5.61. The van der Waals surface area contributed by atoms with Crippen molar-refractivity contribution in [3.05, 3.63) is 29.8 Å². The van der Waals surface area contributed by atoms with E-state index < -0.39 is 0 Å². The fourth-order valence-electron chi connectivity index (χ4n) is 1.70. The van der Waals surface area contributed by atoms with Gasteiger partial charge in [-0.05, 0) is 31.7 Å². The predicted octanol–water partition coefficient (Wildman–Crippen LogP) is 2.03. The summed E-state index contributed by atoms with van der Waals surface area (Å²) in [5.74, 6) is 0.863. The maximum Gasteiger partial charge on any atom is 0.119 e. The van der Waals surface area contributed by atoms with Gasteiger partial charge in [-0.1, -0.05) is 12.1 Å². The van der Waals surface area contributed by atoms with Crippen molar-refractivity contribution in [1.29, 1.82) is 0 Å². The van der Waals surface area contributed by atoms with Crippen LogP contribution < -0.4 is 10.1 Å². The van der Waals surface area contributed by atoms with Gasteiger partial charge < -0.3 is 24.3 Å². The van der Waals surface area contributed by atoms with Crippen LogP contribution in [-0.4, -0.2) is 53.8 Å². The molecular formula is C16H27NO4. The van der Waals surface area contributed by atoms with Crippen molar-refractivity contribution in [2.45, 2.75) is 13.0 Å². The van der Waals surface area contributed by atoms with Gasteiger partial charge in [-0.3, -0.25) is 0 Å². The first kappa shape index (κ1) is 17.9. The molecule has 0 bridgehead atoms. The molecule has 0 radical (unpaired) electrons. The van der Waals surface area contributed by atoms with Gasteiger partial charge in [0.05, 0.1) is 33.0 Å². The van der Waals surface area contributed by atoms with Crippen LogP contribution in [0.1, 0.15) is 18.5 Å². The van der Waals surface area contributed by atoms with Crippen LogP contribution in [0.15, 0.2) is 24.3 Å². The maximum atomic E-state index is 5.61.